The van der Waals surface area contributed by atoms with E-state index in [9.17, 15) is 4.79 Å². The normalized spacial score (nSPS) is 28.7. The lowest BCUT2D eigenvalue weighted by atomic mass is 10.1. The molecule has 4 nitrogen and oxygen atoms in total. The van der Waals surface area contributed by atoms with Crippen LogP contribution in [0.15, 0.2) is 0 Å². The molecule has 0 radical (unpaired) electrons. The Morgan fingerprint density at radius 2 is 2.00 bits per heavy atom. The number of carbonyl (C=O) groups excluding carboxylic acids is 1. The van der Waals surface area contributed by atoms with E-state index in [2.05, 4.69) is 23.6 Å². The maximum Gasteiger partial charge on any atom is 0.323 e. The third-order valence-electron chi connectivity index (χ3n) is 3.38. The first kappa shape index (κ1) is 11.9. The summed E-state index contributed by atoms with van der Waals surface area (Å²) in [6, 6.07) is 0.0428. The van der Waals surface area contributed by atoms with Crippen molar-refractivity contribution in [1.82, 2.24) is 9.80 Å². The van der Waals surface area contributed by atoms with E-state index >= 15 is 0 Å². The Morgan fingerprint density at radius 3 is 2.50 bits per heavy atom. The molecule has 0 aromatic carbocycles. The van der Waals surface area contributed by atoms with Crippen LogP contribution in [0.1, 0.15) is 20.3 Å². The van der Waals surface area contributed by atoms with Crippen molar-refractivity contribution in [3.05, 3.63) is 0 Å². The van der Waals surface area contributed by atoms with Crippen molar-refractivity contribution in [2.24, 2.45) is 5.92 Å². The van der Waals surface area contributed by atoms with E-state index in [1.165, 1.54) is 6.54 Å². The topological polar surface area (TPSA) is 32.8 Å². The molecule has 0 bridgehead atoms. The Kier molecular flexibility index (Phi) is 3.82. The van der Waals surface area contributed by atoms with Gasteiger partial charge in [0, 0.05) is 39.1 Å². The van der Waals surface area contributed by atoms with Crippen LogP contribution in [0.25, 0.3) is 0 Å². The molecule has 2 fully saturated rings. The molecule has 92 valence electrons. The number of nitrogens with zero attached hydrogens (tertiary/aromatic N) is 2. The van der Waals surface area contributed by atoms with Crippen molar-refractivity contribution < 1.29 is 9.53 Å². The van der Waals surface area contributed by atoms with Gasteiger partial charge in [0.2, 0.25) is 0 Å². The maximum atomic E-state index is 11.5. The van der Waals surface area contributed by atoms with Crippen LogP contribution >= 0.6 is 0 Å². The van der Waals surface area contributed by atoms with Crippen LogP contribution in [-0.4, -0.2) is 61.1 Å². The van der Waals surface area contributed by atoms with Crippen LogP contribution in [0.3, 0.4) is 0 Å². The van der Waals surface area contributed by atoms with E-state index in [1.807, 2.05) is 0 Å². The highest BCUT2D eigenvalue weighted by molar-refractivity contribution is 5.77. The zero-order chi connectivity index (χ0) is 11.5. The zero-order valence-corrected chi connectivity index (χ0v) is 10.3. The zero-order valence-electron chi connectivity index (χ0n) is 10.3. The van der Waals surface area contributed by atoms with Crippen molar-refractivity contribution >= 4 is 5.97 Å². The molecule has 0 aromatic heterocycles. The van der Waals surface area contributed by atoms with Crippen LogP contribution in [0, 0.1) is 5.92 Å². The molecule has 0 spiro atoms. The fourth-order valence-electron chi connectivity index (χ4n) is 2.59. The summed E-state index contributed by atoms with van der Waals surface area (Å²) in [6.45, 7) is 10.5. The molecular weight excluding hydrogens is 204 g/mol. The van der Waals surface area contributed by atoms with Crippen molar-refractivity contribution in [3.8, 4) is 0 Å². The number of cyclic esters (lactones) is 1. The molecule has 2 aliphatic rings. The van der Waals surface area contributed by atoms with Gasteiger partial charge in [0.05, 0.1) is 6.61 Å². The van der Waals surface area contributed by atoms with Crippen molar-refractivity contribution in [2.45, 2.75) is 26.3 Å². The lowest BCUT2D eigenvalue weighted by Crippen LogP contribution is -2.52. The van der Waals surface area contributed by atoms with E-state index in [1.54, 1.807) is 0 Å². The van der Waals surface area contributed by atoms with Gasteiger partial charge in [-0.25, -0.2) is 0 Å². The summed E-state index contributed by atoms with van der Waals surface area (Å²) in [5, 5.41) is 0. The number of carbonyl (C=O) groups is 1. The minimum absolute atomic E-state index is 0.0164. The lowest BCUT2D eigenvalue weighted by molar-refractivity contribution is -0.142. The molecule has 2 aliphatic heterocycles. The first-order valence-corrected chi connectivity index (χ1v) is 6.30. The Hall–Kier alpha value is -0.610. The second-order valence-corrected chi connectivity index (χ2v) is 5.20. The minimum atomic E-state index is -0.0164. The van der Waals surface area contributed by atoms with Crippen molar-refractivity contribution in [3.63, 3.8) is 0 Å². The molecule has 1 atom stereocenters. The fourth-order valence-corrected chi connectivity index (χ4v) is 2.59. The molecule has 4 heteroatoms. The molecular formula is C12H22N2O2. The highest BCUT2D eigenvalue weighted by Crippen LogP contribution is 2.16. The Bertz CT molecular complexity index is 247. The number of rotatable bonds is 3. The van der Waals surface area contributed by atoms with Crippen molar-refractivity contribution in [1.29, 1.82) is 0 Å². The van der Waals surface area contributed by atoms with Crippen LogP contribution in [0.4, 0.5) is 0 Å². The average molecular weight is 226 g/mol. The molecule has 16 heavy (non-hydrogen) atoms. The molecule has 2 rings (SSSR count). The van der Waals surface area contributed by atoms with Crippen LogP contribution < -0.4 is 0 Å². The number of ether oxygens (including phenoxy) is 1. The standard InChI is InChI=1S/C12H22N2O2/c1-10(2)9-13-4-6-14(7-5-13)11-3-8-16-12(11)15/h10-11H,3-9H2,1-2H3. The van der Waals surface area contributed by atoms with E-state index in [0.29, 0.717) is 6.61 Å². The van der Waals surface area contributed by atoms with Gasteiger partial charge in [-0.2, -0.15) is 0 Å². The minimum Gasteiger partial charge on any atom is -0.464 e. The van der Waals surface area contributed by atoms with Gasteiger partial charge in [-0.3, -0.25) is 9.69 Å². The summed E-state index contributed by atoms with van der Waals surface area (Å²) in [5.41, 5.74) is 0. The highest BCUT2D eigenvalue weighted by Gasteiger charge is 2.33. The summed E-state index contributed by atoms with van der Waals surface area (Å²) in [7, 11) is 0. The van der Waals surface area contributed by atoms with Gasteiger partial charge in [-0.05, 0) is 5.92 Å². The molecule has 0 N–H and O–H groups in total. The van der Waals surface area contributed by atoms with E-state index in [-0.39, 0.29) is 12.0 Å². The number of esters is 1. The molecule has 1 unspecified atom stereocenters. The Morgan fingerprint density at radius 1 is 1.31 bits per heavy atom. The maximum absolute atomic E-state index is 11.5. The van der Waals surface area contributed by atoms with E-state index < -0.39 is 0 Å². The fraction of sp³-hybridized carbons (Fsp3) is 0.917. The van der Waals surface area contributed by atoms with Gasteiger partial charge >= 0.3 is 5.97 Å². The van der Waals surface area contributed by atoms with Crippen LogP contribution in [-0.2, 0) is 9.53 Å². The SMILES string of the molecule is CC(C)CN1CCN(C2CCOC2=O)CC1. The predicted molar refractivity (Wildman–Crippen MR) is 62.2 cm³/mol. The third kappa shape index (κ3) is 2.74. The van der Waals surface area contributed by atoms with Gasteiger partial charge in [-0.15, -0.1) is 0 Å². The van der Waals surface area contributed by atoms with Gasteiger partial charge in [0.25, 0.3) is 0 Å². The van der Waals surface area contributed by atoms with Gasteiger partial charge < -0.3 is 9.64 Å². The van der Waals surface area contributed by atoms with Gasteiger partial charge in [0.15, 0.2) is 0 Å². The first-order chi connectivity index (χ1) is 7.66. The average Bonchev–Trinajstić information content (AvgIpc) is 2.65. The van der Waals surface area contributed by atoms with Crippen LogP contribution in [0.5, 0.6) is 0 Å². The highest BCUT2D eigenvalue weighted by atomic mass is 16.5. The molecule has 2 saturated heterocycles. The summed E-state index contributed by atoms with van der Waals surface area (Å²) in [5.74, 6) is 0.709. The van der Waals surface area contributed by atoms with Gasteiger partial charge in [-0.1, -0.05) is 13.8 Å². The molecule has 0 saturated carbocycles. The Labute approximate surface area is 97.5 Å². The largest absolute Gasteiger partial charge is 0.464 e. The molecule has 2 heterocycles. The van der Waals surface area contributed by atoms with Gasteiger partial charge in [0.1, 0.15) is 6.04 Å². The second kappa shape index (κ2) is 5.15. The predicted octanol–water partition coefficient (Wildman–Crippen LogP) is 0.576. The molecule has 0 aliphatic carbocycles. The summed E-state index contributed by atoms with van der Waals surface area (Å²) in [6.07, 6.45) is 0.878. The lowest BCUT2D eigenvalue weighted by Gasteiger charge is -2.37. The summed E-state index contributed by atoms with van der Waals surface area (Å²) < 4.78 is 5.02. The number of piperazine rings is 1. The molecule has 0 amide bonds. The smallest absolute Gasteiger partial charge is 0.323 e. The Balaban J connectivity index is 1.78. The number of hydrogen-bond acceptors (Lipinski definition) is 4. The summed E-state index contributed by atoms with van der Waals surface area (Å²) in [4.78, 5) is 16.2. The monoisotopic (exact) mass is 226 g/mol. The van der Waals surface area contributed by atoms with Crippen molar-refractivity contribution in [2.75, 3.05) is 39.3 Å². The molecule has 0 aromatic rings. The quantitative estimate of drug-likeness (QED) is 0.659. The van der Waals surface area contributed by atoms with E-state index in [0.717, 1.165) is 38.5 Å². The third-order valence-corrected chi connectivity index (χ3v) is 3.38. The second-order valence-electron chi connectivity index (χ2n) is 5.20. The number of hydrogen-bond donors (Lipinski definition) is 0. The summed E-state index contributed by atoms with van der Waals surface area (Å²) >= 11 is 0. The van der Waals surface area contributed by atoms with Crippen LogP contribution in [0.2, 0.25) is 0 Å². The first-order valence-electron chi connectivity index (χ1n) is 6.30. The van der Waals surface area contributed by atoms with E-state index in [4.69, 9.17) is 4.74 Å².